The molecule has 0 saturated carbocycles. The normalized spacial score (nSPS) is 14.0. The fraction of sp³-hybridized carbons (Fsp3) is 0.375. The molecule has 3 nitrogen and oxygen atoms in total. The second-order valence-corrected chi connectivity index (χ2v) is 4.87. The molecule has 0 fully saturated rings. The van der Waals surface area contributed by atoms with Crippen molar-refractivity contribution < 1.29 is 5.11 Å². The maximum atomic E-state index is 10.3. The number of nitrogens with zero attached hydrogens (tertiary/aromatic N) is 2. The minimum Gasteiger partial charge on any atom is -0.387 e. The van der Waals surface area contributed by atoms with Gasteiger partial charge in [0.05, 0.1) is 23.6 Å². The largest absolute Gasteiger partial charge is 0.387 e. The lowest BCUT2D eigenvalue weighted by Gasteiger charge is -2.16. The highest BCUT2D eigenvalue weighted by Gasteiger charge is 2.19. The molecule has 2 unspecified atom stereocenters. The Balaban J connectivity index is 2.35. The van der Waals surface area contributed by atoms with Gasteiger partial charge in [-0.1, -0.05) is 25.5 Å². The number of aryl methyl sites for hydroxylation is 1. The average Bonchev–Trinajstić information content (AvgIpc) is 2.43. The molecule has 2 atom stereocenters. The Kier molecular flexibility index (Phi) is 4.13. The van der Waals surface area contributed by atoms with Gasteiger partial charge in [-0.2, -0.15) is 5.26 Å². The molecular formula is C16H18N2O. The monoisotopic (exact) mass is 254 g/mol. The lowest BCUT2D eigenvalue weighted by atomic mass is 9.92. The molecule has 1 aromatic carbocycles. The quantitative estimate of drug-likeness (QED) is 0.908. The molecule has 0 spiro atoms. The van der Waals surface area contributed by atoms with E-state index in [2.05, 4.69) is 11.1 Å². The van der Waals surface area contributed by atoms with Gasteiger partial charge < -0.3 is 5.11 Å². The van der Waals surface area contributed by atoms with Crippen LogP contribution in [0, 0.1) is 24.2 Å². The Labute approximate surface area is 113 Å². The standard InChI is InChI=1S/C16H18N2O/c1-3-4-14(10-17)16(19)13-7-8-15-12(9-13)6-5-11(2)18-15/h5-9,14,16,19H,3-4H2,1-2H3. The van der Waals surface area contributed by atoms with E-state index in [9.17, 15) is 5.11 Å². The Morgan fingerprint density at radius 2 is 2.11 bits per heavy atom. The second-order valence-electron chi connectivity index (χ2n) is 4.87. The van der Waals surface area contributed by atoms with Crippen LogP contribution in [0.1, 0.15) is 37.1 Å². The molecule has 2 aromatic rings. The first kappa shape index (κ1) is 13.5. The molecule has 98 valence electrons. The summed E-state index contributed by atoms with van der Waals surface area (Å²) in [6.07, 6.45) is 0.876. The van der Waals surface area contributed by atoms with Crippen molar-refractivity contribution in [1.29, 1.82) is 5.26 Å². The van der Waals surface area contributed by atoms with Crippen LogP contribution >= 0.6 is 0 Å². The van der Waals surface area contributed by atoms with E-state index in [4.69, 9.17) is 5.26 Å². The Morgan fingerprint density at radius 3 is 2.79 bits per heavy atom. The third kappa shape index (κ3) is 2.91. The molecule has 0 amide bonds. The number of aromatic nitrogens is 1. The number of hydrogen-bond donors (Lipinski definition) is 1. The van der Waals surface area contributed by atoms with E-state index in [1.165, 1.54) is 0 Å². The summed E-state index contributed by atoms with van der Waals surface area (Å²) in [5.74, 6) is -0.346. The zero-order valence-electron chi connectivity index (χ0n) is 11.3. The van der Waals surface area contributed by atoms with Gasteiger partial charge in [0.25, 0.3) is 0 Å². The molecule has 0 aliphatic rings. The molecular weight excluding hydrogens is 236 g/mol. The van der Waals surface area contributed by atoms with E-state index >= 15 is 0 Å². The zero-order valence-corrected chi connectivity index (χ0v) is 11.3. The van der Waals surface area contributed by atoms with Gasteiger partial charge in [0.2, 0.25) is 0 Å². The van der Waals surface area contributed by atoms with Crippen molar-refractivity contribution in [2.24, 2.45) is 5.92 Å². The van der Waals surface area contributed by atoms with Gasteiger partial charge in [-0.3, -0.25) is 4.98 Å². The molecule has 0 aliphatic carbocycles. The summed E-state index contributed by atoms with van der Waals surface area (Å²) in [4.78, 5) is 4.43. The maximum absolute atomic E-state index is 10.3. The average molecular weight is 254 g/mol. The van der Waals surface area contributed by atoms with Crippen LogP contribution in [0.5, 0.6) is 0 Å². The summed E-state index contributed by atoms with van der Waals surface area (Å²) in [6.45, 7) is 3.97. The van der Waals surface area contributed by atoms with E-state index in [1.807, 2.05) is 44.2 Å². The van der Waals surface area contributed by atoms with Gasteiger partial charge in [0.1, 0.15) is 0 Å². The van der Waals surface area contributed by atoms with E-state index in [1.54, 1.807) is 0 Å². The fourth-order valence-electron chi connectivity index (χ4n) is 2.27. The van der Waals surface area contributed by atoms with Crippen LogP contribution in [0.15, 0.2) is 30.3 Å². The molecule has 0 radical (unpaired) electrons. The molecule has 2 rings (SSSR count). The summed E-state index contributed by atoms with van der Waals surface area (Å²) in [7, 11) is 0. The first-order chi connectivity index (χ1) is 9.15. The lowest BCUT2D eigenvalue weighted by Crippen LogP contribution is -2.10. The van der Waals surface area contributed by atoms with Gasteiger partial charge in [0.15, 0.2) is 0 Å². The Morgan fingerprint density at radius 1 is 1.32 bits per heavy atom. The maximum Gasteiger partial charge on any atom is 0.0948 e. The van der Waals surface area contributed by atoms with Crippen LogP contribution in [-0.2, 0) is 0 Å². The zero-order chi connectivity index (χ0) is 13.8. The van der Waals surface area contributed by atoms with Crippen molar-refractivity contribution in [1.82, 2.24) is 4.98 Å². The van der Waals surface area contributed by atoms with E-state index in [0.29, 0.717) is 6.42 Å². The minimum atomic E-state index is -0.726. The number of aliphatic hydroxyl groups is 1. The van der Waals surface area contributed by atoms with Crippen molar-refractivity contribution >= 4 is 10.9 Å². The van der Waals surface area contributed by atoms with Crippen LogP contribution in [0.2, 0.25) is 0 Å². The molecule has 0 bridgehead atoms. The first-order valence-corrected chi connectivity index (χ1v) is 6.60. The summed E-state index contributed by atoms with van der Waals surface area (Å²) >= 11 is 0. The molecule has 0 saturated heterocycles. The molecule has 1 N–H and O–H groups in total. The van der Waals surface area contributed by atoms with Crippen LogP contribution in [0.4, 0.5) is 0 Å². The van der Waals surface area contributed by atoms with Gasteiger partial charge in [0, 0.05) is 11.1 Å². The number of hydrogen-bond acceptors (Lipinski definition) is 3. The van der Waals surface area contributed by atoms with Gasteiger partial charge in [-0.25, -0.2) is 0 Å². The smallest absolute Gasteiger partial charge is 0.0948 e. The minimum absolute atomic E-state index is 0.346. The number of benzene rings is 1. The van der Waals surface area contributed by atoms with Gasteiger partial charge in [-0.15, -0.1) is 0 Å². The van der Waals surface area contributed by atoms with Crippen LogP contribution in [0.25, 0.3) is 10.9 Å². The number of pyridine rings is 1. The van der Waals surface area contributed by atoms with Crippen molar-refractivity contribution in [3.63, 3.8) is 0 Å². The summed E-state index contributed by atoms with van der Waals surface area (Å²) in [6, 6.07) is 11.8. The predicted octanol–water partition coefficient (Wildman–Crippen LogP) is 3.52. The predicted molar refractivity (Wildman–Crippen MR) is 75.5 cm³/mol. The highest BCUT2D eigenvalue weighted by molar-refractivity contribution is 5.79. The summed E-state index contributed by atoms with van der Waals surface area (Å²) < 4.78 is 0. The molecule has 3 heteroatoms. The van der Waals surface area contributed by atoms with Crippen LogP contribution in [-0.4, -0.2) is 10.1 Å². The molecule has 19 heavy (non-hydrogen) atoms. The highest BCUT2D eigenvalue weighted by atomic mass is 16.3. The molecule has 1 aromatic heterocycles. The van der Waals surface area contributed by atoms with Crippen molar-refractivity contribution in [2.75, 3.05) is 0 Å². The van der Waals surface area contributed by atoms with Gasteiger partial charge >= 0.3 is 0 Å². The van der Waals surface area contributed by atoms with Gasteiger partial charge in [-0.05, 0) is 37.1 Å². The van der Waals surface area contributed by atoms with Crippen LogP contribution < -0.4 is 0 Å². The lowest BCUT2D eigenvalue weighted by molar-refractivity contribution is 0.130. The second kappa shape index (κ2) is 5.81. The van der Waals surface area contributed by atoms with Crippen molar-refractivity contribution in [3.8, 4) is 6.07 Å². The first-order valence-electron chi connectivity index (χ1n) is 6.60. The van der Waals surface area contributed by atoms with E-state index in [-0.39, 0.29) is 5.92 Å². The third-order valence-electron chi connectivity index (χ3n) is 3.34. The summed E-state index contributed by atoms with van der Waals surface area (Å²) in [5, 5.41) is 20.4. The third-order valence-corrected chi connectivity index (χ3v) is 3.34. The van der Waals surface area contributed by atoms with Crippen LogP contribution in [0.3, 0.4) is 0 Å². The number of aliphatic hydroxyl groups excluding tert-OH is 1. The highest BCUT2D eigenvalue weighted by Crippen LogP contribution is 2.27. The SMILES string of the molecule is CCCC(C#N)C(O)c1ccc2nc(C)ccc2c1. The summed E-state index contributed by atoms with van der Waals surface area (Å²) in [5.41, 5.74) is 2.68. The van der Waals surface area contributed by atoms with E-state index in [0.717, 1.165) is 28.6 Å². The van der Waals surface area contributed by atoms with Crippen molar-refractivity contribution in [2.45, 2.75) is 32.8 Å². The molecule has 1 heterocycles. The fourth-order valence-corrected chi connectivity index (χ4v) is 2.27. The van der Waals surface area contributed by atoms with E-state index < -0.39 is 6.10 Å². The molecule has 0 aliphatic heterocycles. The Bertz CT molecular complexity index is 616. The number of rotatable bonds is 4. The topological polar surface area (TPSA) is 56.9 Å². The van der Waals surface area contributed by atoms with Crippen molar-refractivity contribution in [3.05, 3.63) is 41.6 Å². The Hall–Kier alpha value is -1.92. The number of nitriles is 1. The number of fused-ring (bicyclic) bond motifs is 1.